The van der Waals surface area contributed by atoms with Gasteiger partial charge >= 0.3 is 0 Å². The molecule has 0 saturated carbocycles. The number of nitrogens with zero attached hydrogens (tertiary/aromatic N) is 2. The molecule has 0 radical (unpaired) electrons. The highest BCUT2D eigenvalue weighted by Crippen LogP contribution is 2.45. The van der Waals surface area contributed by atoms with E-state index in [4.69, 9.17) is 9.47 Å². The first-order chi connectivity index (χ1) is 17.1. The zero-order valence-corrected chi connectivity index (χ0v) is 18.9. The normalized spacial score (nSPS) is 17.2. The molecular formula is C27H23N3O5. The minimum absolute atomic E-state index is 0.104. The maximum atomic E-state index is 13.4. The van der Waals surface area contributed by atoms with Gasteiger partial charge < -0.3 is 19.7 Å². The molecule has 1 N–H and O–H groups in total. The molecule has 3 amide bonds. The minimum Gasteiger partial charge on any atom is -0.454 e. The number of hydrogen-bond donors (Lipinski definition) is 1. The summed E-state index contributed by atoms with van der Waals surface area (Å²) >= 11 is 0. The maximum absolute atomic E-state index is 13.4. The SMILES string of the molecule is O=C(CCCN1C(=O)c2ccccc2N2C(=O)c3ccccc3C12)NCc1ccc2c(c1)OCO2. The summed E-state index contributed by atoms with van der Waals surface area (Å²) < 4.78 is 10.7. The van der Waals surface area contributed by atoms with Crippen LogP contribution in [0.4, 0.5) is 5.69 Å². The van der Waals surface area contributed by atoms with Crippen LogP contribution in [0.2, 0.25) is 0 Å². The lowest BCUT2D eigenvalue weighted by Crippen LogP contribution is -2.48. The molecule has 6 rings (SSSR count). The number of ether oxygens (including phenoxy) is 2. The molecule has 8 heteroatoms. The van der Waals surface area contributed by atoms with Crippen LogP contribution >= 0.6 is 0 Å². The third kappa shape index (κ3) is 3.58. The Kier molecular flexibility index (Phi) is 5.13. The number of carbonyl (C=O) groups excluding carboxylic acids is 3. The van der Waals surface area contributed by atoms with Crippen LogP contribution in [-0.4, -0.2) is 36.0 Å². The number of carbonyl (C=O) groups is 3. The monoisotopic (exact) mass is 469 g/mol. The Morgan fingerprint density at radius 1 is 0.914 bits per heavy atom. The fourth-order valence-corrected chi connectivity index (χ4v) is 4.95. The minimum atomic E-state index is -0.502. The zero-order chi connectivity index (χ0) is 23.9. The largest absolute Gasteiger partial charge is 0.454 e. The molecular weight excluding hydrogens is 446 g/mol. The fourth-order valence-electron chi connectivity index (χ4n) is 4.95. The van der Waals surface area contributed by atoms with Crippen molar-refractivity contribution in [2.75, 3.05) is 18.2 Å². The van der Waals surface area contributed by atoms with Crippen LogP contribution in [-0.2, 0) is 11.3 Å². The van der Waals surface area contributed by atoms with Gasteiger partial charge in [0.15, 0.2) is 11.5 Å². The van der Waals surface area contributed by atoms with Crippen molar-refractivity contribution in [2.45, 2.75) is 25.6 Å². The average Bonchev–Trinajstić information content (AvgIpc) is 3.47. The number of anilines is 1. The Balaban J connectivity index is 1.14. The molecule has 3 aliphatic rings. The first-order valence-corrected chi connectivity index (χ1v) is 11.6. The lowest BCUT2D eigenvalue weighted by molar-refractivity contribution is -0.121. The van der Waals surface area contributed by atoms with Gasteiger partial charge in [0.2, 0.25) is 12.7 Å². The molecule has 0 fully saturated rings. The van der Waals surface area contributed by atoms with Crippen molar-refractivity contribution < 1.29 is 23.9 Å². The van der Waals surface area contributed by atoms with Crippen LogP contribution in [0.15, 0.2) is 66.7 Å². The summed E-state index contributed by atoms with van der Waals surface area (Å²) in [6.45, 7) is 0.941. The van der Waals surface area contributed by atoms with E-state index in [1.165, 1.54) is 0 Å². The summed E-state index contributed by atoms with van der Waals surface area (Å²) in [6.07, 6.45) is 0.234. The maximum Gasteiger partial charge on any atom is 0.260 e. The van der Waals surface area contributed by atoms with Crippen molar-refractivity contribution in [3.05, 3.63) is 89.0 Å². The molecule has 35 heavy (non-hydrogen) atoms. The van der Waals surface area contributed by atoms with Crippen molar-refractivity contribution in [3.63, 3.8) is 0 Å². The van der Waals surface area contributed by atoms with E-state index in [1.54, 1.807) is 28.0 Å². The zero-order valence-electron chi connectivity index (χ0n) is 18.9. The number of fused-ring (bicyclic) bond motifs is 6. The quantitative estimate of drug-likeness (QED) is 0.596. The number of nitrogens with one attached hydrogen (secondary N) is 1. The summed E-state index contributed by atoms with van der Waals surface area (Å²) in [5.41, 5.74) is 3.46. The second-order valence-electron chi connectivity index (χ2n) is 8.72. The molecule has 3 heterocycles. The number of rotatable bonds is 6. The average molecular weight is 469 g/mol. The van der Waals surface area contributed by atoms with Gasteiger partial charge in [-0.05, 0) is 42.3 Å². The van der Waals surface area contributed by atoms with Crippen molar-refractivity contribution >= 4 is 23.4 Å². The van der Waals surface area contributed by atoms with Crippen LogP contribution in [0.1, 0.15) is 50.9 Å². The molecule has 176 valence electrons. The lowest BCUT2D eigenvalue weighted by Gasteiger charge is -2.41. The Hall–Kier alpha value is -4.33. The Bertz CT molecular complexity index is 1350. The summed E-state index contributed by atoms with van der Waals surface area (Å²) in [6, 6.07) is 20.2. The number of para-hydroxylation sites is 1. The number of amides is 3. The van der Waals surface area contributed by atoms with Crippen molar-refractivity contribution in [3.8, 4) is 11.5 Å². The van der Waals surface area contributed by atoms with Crippen molar-refractivity contribution in [1.82, 2.24) is 10.2 Å². The first-order valence-electron chi connectivity index (χ1n) is 11.6. The molecule has 0 spiro atoms. The van der Waals surface area contributed by atoms with Crippen LogP contribution in [0.5, 0.6) is 11.5 Å². The first kappa shape index (κ1) is 21.2. The molecule has 8 nitrogen and oxygen atoms in total. The highest BCUT2D eigenvalue weighted by molar-refractivity contribution is 6.16. The predicted molar refractivity (Wildman–Crippen MR) is 127 cm³/mol. The van der Waals surface area contributed by atoms with E-state index >= 15 is 0 Å². The molecule has 0 aromatic heterocycles. The number of hydrogen-bond acceptors (Lipinski definition) is 5. The van der Waals surface area contributed by atoms with Crippen LogP contribution in [0.25, 0.3) is 0 Å². The van der Waals surface area contributed by atoms with E-state index < -0.39 is 6.17 Å². The van der Waals surface area contributed by atoms with Gasteiger partial charge in [0, 0.05) is 30.6 Å². The molecule has 1 atom stereocenters. The second-order valence-corrected chi connectivity index (χ2v) is 8.72. The fraction of sp³-hybridized carbons (Fsp3) is 0.222. The van der Waals surface area contributed by atoms with E-state index in [2.05, 4.69) is 5.32 Å². The summed E-state index contributed by atoms with van der Waals surface area (Å²) in [5.74, 6) is 1.03. The topological polar surface area (TPSA) is 88.2 Å². The molecule has 0 aliphatic carbocycles. The summed E-state index contributed by atoms with van der Waals surface area (Å²) in [4.78, 5) is 42.6. The van der Waals surface area contributed by atoms with Crippen molar-refractivity contribution in [2.24, 2.45) is 0 Å². The van der Waals surface area contributed by atoms with E-state index in [9.17, 15) is 14.4 Å². The van der Waals surface area contributed by atoms with Gasteiger partial charge in [0.05, 0.1) is 11.3 Å². The van der Waals surface area contributed by atoms with Gasteiger partial charge in [-0.15, -0.1) is 0 Å². The molecule has 0 saturated heterocycles. The molecule has 3 aromatic rings. The molecule has 1 unspecified atom stereocenters. The predicted octanol–water partition coefficient (Wildman–Crippen LogP) is 3.63. The third-order valence-electron chi connectivity index (χ3n) is 6.61. The Morgan fingerprint density at radius 3 is 2.57 bits per heavy atom. The highest BCUT2D eigenvalue weighted by Gasteiger charge is 2.47. The van der Waals surface area contributed by atoms with Gasteiger partial charge in [-0.3, -0.25) is 19.3 Å². The molecule has 3 aromatic carbocycles. The summed E-state index contributed by atoms with van der Waals surface area (Å²) in [7, 11) is 0. The second kappa shape index (κ2) is 8.47. The van der Waals surface area contributed by atoms with E-state index in [0.29, 0.717) is 47.8 Å². The van der Waals surface area contributed by atoms with Crippen LogP contribution in [0, 0.1) is 0 Å². The summed E-state index contributed by atoms with van der Waals surface area (Å²) in [5, 5.41) is 2.92. The Labute approximate surface area is 202 Å². The Morgan fingerprint density at radius 2 is 1.69 bits per heavy atom. The highest BCUT2D eigenvalue weighted by atomic mass is 16.7. The van der Waals surface area contributed by atoms with Gasteiger partial charge in [0.25, 0.3) is 11.8 Å². The smallest absolute Gasteiger partial charge is 0.260 e. The number of benzene rings is 3. The molecule has 3 aliphatic heterocycles. The van der Waals surface area contributed by atoms with Gasteiger partial charge in [-0.25, -0.2) is 0 Å². The van der Waals surface area contributed by atoms with Crippen LogP contribution < -0.4 is 19.7 Å². The van der Waals surface area contributed by atoms with E-state index in [1.807, 2.05) is 48.5 Å². The third-order valence-corrected chi connectivity index (χ3v) is 6.61. The van der Waals surface area contributed by atoms with E-state index in [-0.39, 0.29) is 30.9 Å². The van der Waals surface area contributed by atoms with Gasteiger partial charge in [0.1, 0.15) is 6.17 Å². The van der Waals surface area contributed by atoms with Gasteiger partial charge in [-0.1, -0.05) is 36.4 Å². The standard InChI is InChI=1S/C27H23N3O5/c31-24(28-15-17-11-12-22-23(14-17)35-16-34-22)10-5-13-29-25-18-6-1-2-7-19(18)27(33)30(25)21-9-4-3-8-20(21)26(29)32/h1-4,6-9,11-12,14,25H,5,10,13,15-16H2,(H,28,31). The van der Waals surface area contributed by atoms with E-state index in [0.717, 1.165) is 11.1 Å². The van der Waals surface area contributed by atoms with Crippen LogP contribution in [0.3, 0.4) is 0 Å². The van der Waals surface area contributed by atoms with Gasteiger partial charge in [-0.2, -0.15) is 0 Å². The molecule has 0 bridgehead atoms. The lowest BCUT2D eigenvalue weighted by atomic mass is 10.0. The van der Waals surface area contributed by atoms with Crippen molar-refractivity contribution in [1.29, 1.82) is 0 Å².